The molecular weight excluding hydrogens is 298 g/mol. The first kappa shape index (κ1) is 12.9. The van der Waals surface area contributed by atoms with E-state index in [1.807, 2.05) is 23.5 Å². The third-order valence-electron chi connectivity index (χ3n) is 2.68. The van der Waals surface area contributed by atoms with Crippen LogP contribution in [0.25, 0.3) is 0 Å². The Bertz CT molecular complexity index is 461. The Morgan fingerprint density at radius 1 is 1.35 bits per heavy atom. The second-order valence-corrected chi connectivity index (χ2v) is 6.40. The third-order valence-corrected chi connectivity index (χ3v) is 4.35. The van der Waals surface area contributed by atoms with Crippen LogP contribution >= 0.6 is 27.3 Å². The van der Waals surface area contributed by atoms with Crippen molar-refractivity contribution < 1.29 is 4.42 Å². The number of thiophene rings is 1. The van der Waals surface area contributed by atoms with Crippen molar-refractivity contribution in [2.24, 2.45) is 0 Å². The Labute approximate surface area is 114 Å². The molecule has 0 amide bonds. The van der Waals surface area contributed by atoms with Crippen LogP contribution in [0.5, 0.6) is 0 Å². The predicted octanol–water partition coefficient (Wildman–Crippen LogP) is 4.17. The van der Waals surface area contributed by atoms with Crippen LogP contribution in [0.1, 0.15) is 24.5 Å². The summed E-state index contributed by atoms with van der Waals surface area (Å²) in [6, 6.07) is 8.19. The van der Waals surface area contributed by atoms with Gasteiger partial charge in [-0.05, 0) is 39.5 Å². The molecule has 1 N–H and O–H groups in total. The number of nitrogens with one attached hydrogen (secondary N) is 1. The zero-order valence-corrected chi connectivity index (χ0v) is 12.4. The van der Waals surface area contributed by atoms with Crippen molar-refractivity contribution in [1.82, 2.24) is 5.32 Å². The summed E-state index contributed by atoms with van der Waals surface area (Å²) >= 11 is 5.11. The normalized spacial score (nSPS) is 11.9. The second kappa shape index (κ2) is 5.38. The lowest BCUT2D eigenvalue weighted by Crippen LogP contribution is -2.31. The smallest absolute Gasteiger partial charge is 0.169 e. The minimum absolute atomic E-state index is 0.165. The van der Waals surface area contributed by atoms with E-state index in [9.17, 15) is 0 Å². The Morgan fingerprint density at radius 3 is 2.76 bits per heavy atom. The average molecular weight is 314 g/mol. The van der Waals surface area contributed by atoms with Gasteiger partial charge in [0.15, 0.2) is 4.67 Å². The van der Waals surface area contributed by atoms with Crippen LogP contribution in [-0.2, 0) is 12.0 Å². The van der Waals surface area contributed by atoms with E-state index >= 15 is 0 Å². The van der Waals surface area contributed by atoms with Gasteiger partial charge < -0.3 is 9.73 Å². The van der Waals surface area contributed by atoms with Gasteiger partial charge in [0.2, 0.25) is 0 Å². The van der Waals surface area contributed by atoms with Crippen molar-refractivity contribution in [3.63, 3.8) is 0 Å². The molecule has 0 radical (unpaired) electrons. The van der Waals surface area contributed by atoms with E-state index in [2.05, 4.69) is 52.6 Å². The van der Waals surface area contributed by atoms with E-state index in [4.69, 9.17) is 4.42 Å². The minimum atomic E-state index is 0.165. The first-order chi connectivity index (χ1) is 8.08. The molecule has 0 aromatic carbocycles. The summed E-state index contributed by atoms with van der Waals surface area (Å²) in [6.07, 6.45) is 0. The zero-order chi connectivity index (χ0) is 12.3. The van der Waals surface area contributed by atoms with Crippen molar-refractivity contribution in [2.75, 3.05) is 6.54 Å². The van der Waals surface area contributed by atoms with Crippen LogP contribution in [0.4, 0.5) is 0 Å². The van der Waals surface area contributed by atoms with Gasteiger partial charge in [-0.1, -0.05) is 19.9 Å². The molecular formula is C13H16BrNOS. The summed E-state index contributed by atoms with van der Waals surface area (Å²) in [5.74, 6) is 0.957. The van der Waals surface area contributed by atoms with Gasteiger partial charge in [-0.25, -0.2) is 0 Å². The largest absolute Gasteiger partial charge is 0.453 e. The molecule has 17 heavy (non-hydrogen) atoms. The van der Waals surface area contributed by atoms with E-state index < -0.39 is 0 Å². The molecule has 92 valence electrons. The van der Waals surface area contributed by atoms with Crippen molar-refractivity contribution in [3.05, 3.63) is 45.0 Å². The fourth-order valence-electron chi connectivity index (χ4n) is 1.70. The molecule has 4 heteroatoms. The molecule has 2 heterocycles. The Kier molecular flexibility index (Phi) is 4.07. The molecule has 0 aliphatic heterocycles. The van der Waals surface area contributed by atoms with Gasteiger partial charge >= 0.3 is 0 Å². The van der Waals surface area contributed by atoms with E-state index in [0.717, 1.165) is 23.5 Å². The maximum absolute atomic E-state index is 5.45. The van der Waals surface area contributed by atoms with Crippen LogP contribution < -0.4 is 5.32 Å². The molecule has 2 aromatic rings. The zero-order valence-electron chi connectivity index (χ0n) is 10.00. The molecule has 0 saturated heterocycles. The summed E-state index contributed by atoms with van der Waals surface area (Å²) in [4.78, 5) is 1.41. The van der Waals surface area contributed by atoms with Crippen LogP contribution in [0.3, 0.4) is 0 Å². The Balaban J connectivity index is 1.86. The summed E-state index contributed by atoms with van der Waals surface area (Å²) in [6.45, 7) is 6.21. The summed E-state index contributed by atoms with van der Waals surface area (Å²) in [7, 11) is 0. The molecule has 0 atom stereocenters. The topological polar surface area (TPSA) is 25.2 Å². The lowest BCUT2D eigenvalue weighted by molar-refractivity contribution is 0.428. The van der Waals surface area contributed by atoms with Crippen LogP contribution in [0.15, 0.2) is 38.7 Å². The highest BCUT2D eigenvalue weighted by molar-refractivity contribution is 9.10. The number of furan rings is 1. The number of halogens is 1. The Hall–Kier alpha value is -0.580. The first-order valence-electron chi connectivity index (χ1n) is 5.57. The number of hydrogen-bond donors (Lipinski definition) is 1. The molecule has 0 spiro atoms. The highest BCUT2D eigenvalue weighted by Gasteiger charge is 2.21. The molecule has 0 unspecified atom stereocenters. The lowest BCUT2D eigenvalue weighted by Gasteiger charge is -2.23. The van der Waals surface area contributed by atoms with Crippen molar-refractivity contribution in [1.29, 1.82) is 0 Å². The highest BCUT2D eigenvalue weighted by atomic mass is 79.9. The summed E-state index contributed by atoms with van der Waals surface area (Å²) < 4.78 is 6.23. The quantitative estimate of drug-likeness (QED) is 0.896. The van der Waals surface area contributed by atoms with Crippen LogP contribution in [-0.4, -0.2) is 6.54 Å². The van der Waals surface area contributed by atoms with E-state index in [-0.39, 0.29) is 5.41 Å². The molecule has 2 aromatic heterocycles. The first-order valence-corrected chi connectivity index (χ1v) is 7.24. The second-order valence-electron chi connectivity index (χ2n) is 4.67. The van der Waals surface area contributed by atoms with Gasteiger partial charge in [-0.15, -0.1) is 11.3 Å². The molecule has 0 aliphatic carbocycles. The molecule has 2 nitrogen and oxygen atoms in total. The van der Waals surface area contributed by atoms with E-state index in [0.29, 0.717) is 0 Å². The van der Waals surface area contributed by atoms with Crippen molar-refractivity contribution in [3.8, 4) is 0 Å². The molecule has 0 aliphatic rings. The van der Waals surface area contributed by atoms with Crippen LogP contribution in [0, 0.1) is 0 Å². The molecule has 0 bridgehead atoms. The van der Waals surface area contributed by atoms with Crippen LogP contribution in [0.2, 0.25) is 0 Å². The summed E-state index contributed by atoms with van der Waals surface area (Å²) in [5.41, 5.74) is 0.165. The van der Waals surface area contributed by atoms with Crippen molar-refractivity contribution >= 4 is 27.3 Å². The minimum Gasteiger partial charge on any atom is -0.453 e. The fraction of sp³-hybridized carbons (Fsp3) is 0.385. The highest BCUT2D eigenvalue weighted by Crippen LogP contribution is 2.26. The van der Waals surface area contributed by atoms with E-state index in [1.54, 1.807) is 0 Å². The van der Waals surface area contributed by atoms with Gasteiger partial charge in [-0.3, -0.25) is 0 Å². The van der Waals surface area contributed by atoms with Crippen molar-refractivity contribution in [2.45, 2.75) is 25.8 Å². The Morgan fingerprint density at radius 2 is 2.18 bits per heavy atom. The number of rotatable bonds is 5. The van der Waals surface area contributed by atoms with Gasteiger partial charge in [0.1, 0.15) is 5.76 Å². The SMILES string of the molecule is CC(C)(CNCc1ccc(Br)o1)c1cccs1. The fourth-order valence-corrected chi connectivity index (χ4v) is 2.89. The number of hydrogen-bond acceptors (Lipinski definition) is 3. The third kappa shape index (κ3) is 3.44. The lowest BCUT2D eigenvalue weighted by atomic mass is 9.91. The molecule has 0 fully saturated rings. The van der Waals surface area contributed by atoms with E-state index in [1.165, 1.54) is 4.88 Å². The monoisotopic (exact) mass is 313 g/mol. The maximum atomic E-state index is 5.45. The van der Waals surface area contributed by atoms with Gasteiger partial charge in [0.05, 0.1) is 6.54 Å². The van der Waals surface area contributed by atoms with Gasteiger partial charge in [-0.2, -0.15) is 0 Å². The standard InChI is InChI=1S/C13H16BrNOS/c1-13(2,11-4-3-7-17-11)9-15-8-10-5-6-12(14)16-10/h3-7,15H,8-9H2,1-2H3. The molecule has 2 rings (SSSR count). The van der Waals surface area contributed by atoms with Gasteiger partial charge in [0.25, 0.3) is 0 Å². The maximum Gasteiger partial charge on any atom is 0.169 e. The summed E-state index contributed by atoms with van der Waals surface area (Å²) in [5, 5.41) is 5.56. The predicted molar refractivity (Wildman–Crippen MR) is 75.5 cm³/mol. The van der Waals surface area contributed by atoms with Gasteiger partial charge in [0, 0.05) is 16.8 Å². The molecule has 0 saturated carbocycles. The average Bonchev–Trinajstić information content (AvgIpc) is 2.89.